The number of rotatable bonds is 15. The molecule has 45 heavy (non-hydrogen) atoms. The molecule has 3 aromatic rings. The van der Waals surface area contributed by atoms with E-state index in [0.717, 1.165) is 31.5 Å². The van der Waals surface area contributed by atoms with Crippen molar-refractivity contribution in [3.05, 3.63) is 86.8 Å². The quantitative estimate of drug-likeness (QED) is 0.132. The van der Waals surface area contributed by atoms with Crippen molar-refractivity contribution in [1.82, 2.24) is 0 Å². The Balaban J connectivity index is 1.50. The molecule has 242 valence electrons. The second-order valence-corrected chi connectivity index (χ2v) is 12.8. The number of anilines is 1. The van der Waals surface area contributed by atoms with E-state index in [-0.39, 0.29) is 58.2 Å². The normalized spacial score (nSPS) is 13.6. The van der Waals surface area contributed by atoms with E-state index >= 15 is 0 Å². The molecule has 0 bridgehead atoms. The lowest BCUT2D eigenvalue weighted by Gasteiger charge is -2.21. The van der Waals surface area contributed by atoms with Crippen LogP contribution in [0.15, 0.2) is 54.9 Å². The molecule has 1 heterocycles. The summed E-state index contributed by atoms with van der Waals surface area (Å²) in [6, 6.07) is 10.1. The summed E-state index contributed by atoms with van der Waals surface area (Å²) in [4.78, 5) is 25.3. The van der Waals surface area contributed by atoms with E-state index in [1.54, 1.807) is 12.1 Å². The summed E-state index contributed by atoms with van der Waals surface area (Å²) in [6.45, 7) is -3.62. The van der Waals surface area contributed by atoms with Crippen molar-refractivity contribution in [3.8, 4) is 11.5 Å². The Morgan fingerprint density at radius 1 is 1.07 bits per heavy atom. The highest BCUT2D eigenvalue weighted by Gasteiger charge is 2.27. The summed E-state index contributed by atoms with van der Waals surface area (Å²) < 4.78 is 72.8. The number of pyridine rings is 1. The van der Waals surface area contributed by atoms with Crippen molar-refractivity contribution in [2.24, 2.45) is 5.92 Å². The van der Waals surface area contributed by atoms with Crippen molar-refractivity contribution in [1.29, 1.82) is 0 Å². The zero-order chi connectivity index (χ0) is 32.7. The number of carbonyl (C=O) groups is 2. The smallest absolute Gasteiger partial charge is 0.387 e. The van der Waals surface area contributed by atoms with Crippen LogP contribution in [0.25, 0.3) is 0 Å². The number of carbonyl (C=O) groups excluding carboxylic acids is 2. The highest BCUT2D eigenvalue weighted by Crippen LogP contribution is 2.37. The van der Waals surface area contributed by atoms with Crippen LogP contribution < -0.4 is 18.9 Å². The van der Waals surface area contributed by atoms with Gasteiger partial charge in [0.15, 0.2) is 30.5 Å². The van der Waals surface area contributed by atoms with Crippen LogP contribution in [0.2, 0.25) is 10.0 Å². The predicted octanol–water partition coefficient (Wildman–Crippen LogP) is 5.00. The molecule has 1 unspecified atom stereocenters. The molecule has 4 rings (SSSR count). The Kier molecular flexibility index (Phi) is 11.3. The number of halogens is 4. The van der Waals surface area contributed by atoms with Gasteiger partial charge < -0.3 is 24.2 Å². The van der Waals surface area contributed by atoms with Crippen LogP contribution in [0.4, 0.5) is 14.5 Å². The topological polar surface area (TPSA) is 144 Å². The molecule has 1 aliphatic rings. The average Bonchev–Trinajstić information content (AvgIpc) is 3.76. The second-order valence-electron chi connectivity index (χ2n) is 10.2. The van der Waals surface area contributed by atoms with Gasteiger partial charge >= 0.3 is 18.6 Å². The minimum absolute atomic E-state index is 0.00225. The molecule has 1 fully saturated rings. The van der Waals surface area contributed by atoms with E-state index in [1.165, 1.54) is 30.3 Å². The van der Waals surface area contributed by atoms with Crippen molar-refractivity contribution in [3.63, 3.8) is 0 Å². The van der Waals surface area contributed by atoms with Crippen molar-refractivity contribution < 1.29 is 50.5 Å². The third kappa shape index (κ3) is 10.9. The highest BCUT2D eigenvalue weighted by molar-refractivity contribution is 7.92. The number of alkyl halides is 2. The molecule has 0 radical (unpaired) electrons. The molecular weight excluding hydrogens is 661 g/mol. The maximum Gasteiger partial charge on any atom is 0.387 e. The van der Waals surface area contributed by atoms with Gasteiger partial charge in [-0.05, 0) is 54.2 Å². The van der Waals surface area contributed by atoms with E-state index in [9.17, 15) is 32.0 Å². The van der Waals surface area contributed by atoms with Gasteiger partial charge in [0.05, 0.1) is 19.3 Å². The Bertz CT molecular complexity index is 1630. The van der Waals surface area contributed by atoms with Crippen LogP contribution in [0.3, 0.4) is 0 Å². The molecule has 1 N–H and O–H groups in total. The molecule has 0 saturated heterocycles. The summed E-state index contributed by atoms with van der Waals surface area (Å²) >= 11 is 12.5. The zero-order valence-corrected chi connectivity index (χ0v) is 26.0. The number of aromatic nitrogens is 1. The molecule has 1 atom stereocenters. The van der Waals surface area contributed by atoms with Crippen LogP contribution in [0.1, 0.15) is 35.6 Å². The van der Waals surface area contributed by atoms with Crippen LogP contribution in [-0.2, 0) is 41.9 Å². The molecule has 0 spiro atoms. The minimum Gasteiger partial charge on any atom is -0.619 e. The van der Waals surface area contributed by atoms with Gasteiger partial charge in [0.2, 0.25) is 10.0 Å². The second kappa shape index (κ2) is 14.9. The Labute approximate surface area is 267 Å². The SMILES string of the molecule is CS(=O)(=O)Nc1cccc(CC(=O)OCC(=O)OC(Cc2c(Cl)c[n+]([O-])cc2Cl)c2ccc(OC(F)F)c(OCC3CC3)c2)c1. The maximum atomic E-state index is 13.1. The van der Waals surface area contributed by atoms with Gasteiger partial charge in [-0.1, -0.05) is 41.4 Å². The van der Waals surface area contributed by atoms with Crippen LogP contribution in [0.5, 0.6) is 11.5 Å². The fourth-order valence-electron chi connectivity index (χ4n) is 4.17. The lowest BCUT2D eigenvalue weighted by Crippen LogP contribution is -2.26. The Hall–Kier alpha value is -3.88. The number of hydrogen-bond donors (Lipinski definition) is 1. The van der Waals surface area contributed by atoms with E-state index in [4.69, 9.17) is 37.4 Å². The van der Waals surface area contributed by atoms with E-state index in [0.29, 0.717) is 15.9 Å². The lowest BCUT2D eigenvalue weighted by atomic mass is 10.0. The lowest BCUT2D eigenvalue weighted by molar-refractivity contribution is -0.605. The third-order valence-electron chi connectivity index (χ3n) is 6.38. The van der Waals surface area contributed by atoms with Gasteiger partial charge in [-0.3, -0.25) is 9.52 Å². The third-order valence-corrected chi connectivity index (χ3v) is 7.64. The fourth-order valence-corrected chi connectivity index (χ4v) is 5.32. The predicted molar refractivity (Wildman–Crippen MR) is 159 cm³/mol. The largest absolute Gasteiger partial charge is 0.619 e. The number of nitrogens with one attached hydrogen (secondary N) is 1. The summed E-state index contributed by atoms with van der Waals surface area (Å²) in [6.07, 6.45) is 3.44. The number of esters is 2. The van der Waals surface area contributed by atoms with Crippen molar-refractivity contribution in [2.45, 2.75) is 38.4 Å². The van der Waals surface area contributed by atoms with E-state index in [1.807, 2.05) is 0 Å². The standard InChI is InChI=1S/C29H28Cl2F2N2O9S/c1-45(39,40)34-20-4-2-3-18(9-20)10-27(36)42-16-28(37)43-25(12-21-22(30)13-35(38)14-23(21)31)19-7-8-24(44-29(32)33)26(11-19)41-15-17-5-6-17/h2-4,7-9,11,13-14,17,25,29,34H,5-6,10,12,15-16H2,1H3. The highest BCUT2D eigenvalue weighted by atomic mass is 35.5. The summed E-state index contributed by atoms with van der Waals surface area (Å²) in [7, 11) is -3.53. The van der Waals surface area contributed by atoms with Gasteiger partial charge in [-0.25, -0.2) is 13.2 Å². The Morgan fingerprint density at radius 2 is 1.78 bits per heavy atom. The molecule has 1 aromatic heterocycles. The molecule has 1 aliphatic carbocycles. The van der Waals surface area contributed by atoms with Crippen molar-refractivity contribution in [2.75, 3.05) is 24.2 Å². The first kappa shape index (κ1) is 34.0. The maximum absolute atomic E-state index is 13.1. The van der Waals surface area contributed by atoms with Gasteiger partial charge in [-0.15, -0.1) is 0 Å². The van der Waals surface area contributed by atoms with Gasteiger partial charge in [0.1, 0.15) is 16.1 Å². The first-order chi connectivity index (χ1) is 21.3. The number of nitrogens with zero attached hydrogens (tertiary/aromatic N) is 1. The van der Waals surface area contributed by atoms with Crippen LogP contribution in [0, 0.1) is 11.1 Å². The molecule has 0 amide bonds. The fraction of sp³-hybridized carbons (Fsp3) is 0.345. The van der Waals surface area contributed by atoms with E-state index in [2.05, 4.69) is 9.46 Å². The number of hydrogen-bond acceptors (Lipinski definition) is 9. The average molecular weight is 690 g/mol. The molecule has 2 aromatic carbocycles. The monoisotopic (exact) mass is 688 g/mol. The number of benzene rings is 2. The zero-order valence-electron chi connectivity index (χ0n) is 23.7. The molecule has 0 aliphatic heterocycles. The summed E-state index contributed by atoms with van der Waals surface area (Å²) in [5.41, 5.74) is 1.23. The summed E-state index contributed by atoms with van der Waals surface area (Å²) in [5.74, 6) is -1.68. The van der Waals surface area contributed by atoms with Gasteiger partial charge in [-0.2, -0.15) is 13.5 Å². The minimum atomic E-state index is -3.53. The number of ether oxygens (including phenoxy) is 4. The number of sulfonamides is 1. The van der Waals surface area contributed by atoms with Gasteiger partial charge in [0.25, 0.3) is 0 Å². The first-order valence-corrected chi connectivity index (χ1v) is 16.1. The molecule has 1 saturated carbocycles. The van der Waals surface area contributed by atoms with Gasteiger partial charge in [0, 0.05) is 17.7 Å². The molecule has 11 nitrogen and oxygen atoms in total. The van der Waals surface area contributed by atoms with Crippen molar-refractivity contribution >= 4 is 50.9 Å². The van der Waals surface area contributed by atoms with Crippen LogP contribution >= 0.6 is 23.2 Å². The van der Waals surface area contributed by atoms with E-state index < -0.39 is 41.3 Å². The van der Waals surface area contributed by atoms with Crippen LogP contribution in [-0.4, -0.2) is 46.4 Å². The molecular formula is C29H28Cl2F2N2O9S. The molecule has 16 heteroatoms. The summed E-state index contributed by atoms with van der Waals surface area (Å²) in [5, 5.41) is 11.7. The first-order valence-electron chi connectivity index (χ1n) is 13.5. The Morgan fingerprint density at radius 3 is 2.42 bits per heavy atom.